The molecule has 2 aromatic carbocycles. The minimum atomic E-state index is 0. The van der Waals surface area contributed by atoms with E-state index in [0.29, 0.717) is 23.0 Å². The van der Waals surface area contributed by atoms with Gasteiger partial charge >= 0.3 is 0 Å². The van der Waals surface area contributed by atoms with E-state index in [2.05, 4.69) is 55.9 Å². The van der Waals surface area contributed by atoms with E-state index >= 15 is 0 Å². The van der Waals surface area contributed by atoms with Gasteiger partial charge in [-0.05, 0) is 38.6 Å². The third-order valence-electron chi connectivity index (χ3n) is 5.96. The van der Waals surface area contributed by atoms with Crippen molar-refractivity contribution >= 4 is 29.2 Å². The fraction of sp³-hybridized carbons (Fsp3) is 0.417. The molecule has 1 aliphatic heterocycles. The first-order valence-electron chi connectivity index (χ1n) is 10.3. The summed E-state index contributed by atoms with van der Waals surface area (Å²) in [6.07, 6.45) is 1.10. The van der Waals surface area contributed by atoms with Gasteiger partial charge in [-0.15, -0.1) is 12.4 Å². The van der Waals surface area contributed by atoms with E-state index in [1.54, 1.807) is 0 Å². The van der Waals surface area contributed by atoms with Crippen molar-refractivity contribution in [3.8, 4) is 17.2 Å². The van der Waals surface area contributed by atoms with Crippen molar-refractivity contribution in [2.24, 2.45) is 0 Å². The van der Waals surface area contributed by atoms with Crippen LogP contribution in [0.15, 0.2) is 34.7 Å². The molecule has 1 aliphatic rings. The Labute approximate surface area is 184 Å². The Kier molecular flexibility index (Phi) is 6.40. The van der Waals surface area contributed by atoms with E-state index in [0.717, 1.165) is 47.5 Å². The van der Waals surface area contributed by atoms with Gasteiger partial charge in [-0.25, -0.2) is 4.98 Å². The number of aromatic nitrogens is 1. The van der Waals surface area contributed by atoms with Gasteiger partial charge in [0.2, 0.25) is 0 Å². The molecular formula is C24H29ClN4O. The first-order valence-corrected chi connectivity index (χ1v) is 10.3. The summed E-state index contributed by atoms with van der Waals surface area (Å²) in [7, 11) is 4.27. The molecule has 0 spiro atoms. The molecule has 1 saturated heterocycles. The number of fused-ring (bicyclic) bond motifs is 1. The van der Waals surface area contributed by atoms with Gasteiger partial charge < -0.3 is 14.2 Å². The normalized spacial score (nSPS) is 16.3. The molecule has 1 atom stereocenters. The third-order valence-corrected chi connectivity index (χ3v) is 5.96. The van der Waals surface area contributed by atoms with E-state index < -0.39 is 0 Å². The zero-order valence-electron chi connectivity index (χ0n) is 18.3. The molecule has 6 heteroatoms. The number of anilines is 1. The van der Waals surface area contributed by atoms with Crippen molar-refractivity contribution in [3.63, 3.8) is 0 Å². The second-order valence-corrected chi connectivity index (χ2v) is 8.44. The number of hydrogen-bond donors (Lipinski definition) is 0. The number of nitrogens with zero attached hydrogens (tertiary/aromatic N) is 4. The lowest BCUT2D eigenvalue weighted by Gasteiger charge is -2.25. The van der Waals surface area contributed by atoms with E-state index in [1.807, 2.05) is 25.1 Å². The second-order valence-electron chi connectivity index (χ2n) is 8.44. The standard InChI is InChI=1S/C24H28N4O.ClH/c1-15(2)24-26-21-19(13-25)16(3)20(17-9-7-6-8-10-17)22(23(21)29-24)28-12-11-18(14-28)27(4)5;/h6-10,15,18H,11-12,14H2,1-5H3;1H/t18-;/m0./s1. The molecule has 0 aliphatic carbocycles. The minimum Gasteiger partial charge on any atom is -0.438 e. The highest BCUT2D eigenvalue weighted by molar-refractivity contribution is 6.02. The number of benzene rings is 2. The van der Waals surface area contributed by atoms with Crippen LogP contribution in [0.4, 0.5) is 5.69 Å². The van der Waals surface area contributed by atoms with Crippen LogP contribution in [0.25, 0.3) is 22.2 Å². The Morgan fingerprint density at radius 1 is 1.23 bits per heavy atom. The summed E-state index contributed by atoms with van der Waals surface area (Å²) in [5.74, 6) is 0.848. The molecule has 0 saturated carbocycles. The lowest BCUT2D eigenvalue weighted by atomic mass is 9.93. The lowest BCUT2D eigenvalue weighted by molar-refractivity contribution is 0.315. The van der Waals surface area contributed by atoms with Crippen molar-refractivity contribution in [2.75, 3.05) is 32.1 Å². The first kappa shape index (κ1) is 22.1. The SMILES string of the molecule is Cc1c(-c2ccccc2)c(N2CC[C@H](N(C)C)C2)c2oc(C(C)C)nc2c1C#N.Cl. The van der Waals surface area contributed by atoms with Crippen LogP contribution >= 0.6 is 12.4 Å². The van der Waals surface area contributed by atoms with Crippen LogP contribution in [-0.4, -0.2) is 43.1 Å². The lowest BCUT2D eigenvalue weighted by Crippen LogP contribution is -2.31. The molecule has 0 amide bonds. The Bertz CT molecular complexity index is 1080. The van der Waals surface area contributed by atoms with Crippen LogP contribution < -0.4 is 4.90 Å². The zero-order chi connectivity index (χ0) is 20.7. The highest BCUT2D eigenvalue weighted by atomic mass is 35.5. The monoisotopic (exact) mass is 424 g/mol. The summed E-state index contributed by atoms with van der Waals surface area (Å²) in [6.45, 7) is 8.07. The summed E-state index contributed by atoms with van der Waals surface area (Å²) in [4.78, 5) is 9.44. The van der Waals surface area contributed by atoms with Gasteiger partial charge in [-0.1, -0.05) is 44.2 Å². The number of oxazole rings is 1. The Balaban J connectivity index is 0.00000256. The molecule has 158 valence electrons. The number of halogens is 1. The van der Waals surface area contributed by atoms with Crippen LogP contribution in [0, 0.1) is 18.3 Å². The van der Waals surface area contributed by atoms with Crippen LogP contribution in [-0.2, 0) is 0 Å². The number of nitriles is 1. The summed E-state index contributed by atoms with van der Waals surface area (Å²) >= 11 is 0. The molecule has 0 N–H and O–H groups in total. The summed E-state index contributed by atoms with van der Waals surface area (Å²) < 4.78 is 6.31. The van der Waals surface area contributed by atoms with Crippen LogP contribution in [0.1, 0.15) is 43.2 Å². The first-order chi connectivity index (χ1) is 13.9. The number of rotatable bonds is 4. The van der Waals surface area contributed by atoms with Gasteiger partial charge in [0.15, 0.2) is 11.5 Å². The maximum Gasteiger partial charge on any atom is 0.198 e. The van der Waals surface area contributed by atoms with E-state index in [4.69, 9.17) is 9.40 Å². The van der Waals surface area contributed by atoms with E-state index in [9.17, 15) is 5.26 Å². The Morgan fingerprint density at radius 2 is 1.93 bits per heavy atom. The highest BCUT2D eigenvalue weighted by Crippen LogP contribution is 2.44. The van der Waals surface area contributed by atoms with Crippen molar-refractivity contribution in [1.82, 2.24) is 9.88 Å². The van der Waals surface area contributed by atoms with Gasteiger partial charge in [0.05, 0.1) is 11.3 Å². The highest BCUT2D eigenvalue weighted by Gasteiger charge is 2.31. The molecule has 2 heterocycles. The van der Waals surface area contributed by atoms with Gasteiger partial charge in [0.25, 0.3) is 0 Å². The quantitative estimate of drug-likeness (QED) is 0.564. The maximum absolute atomic E-state index is 9.95. The van der Waals surface area contributed by atoms with Gasteiger partial charge in [-0.3, -0.25) is 0 Å². The molecular weight excluding hydrogens is 396 g/mol. The van der Waals surface area contributed by atoms with Crippen molar-refractivity contribution < 1.29 is 4.42 Å². The van der Waals surface area contributed by atoms with Gasteiger partial charge in [0.1, 0.15) is 11.6 Å². The molecule has 0 unspecified atom stereocenters. The zero-order valence-corrected chi connectivity index (χ0v) is 19.1. The second kappa shape index (κ2) is 8.67. The summed E-state index contributed by atoms with van der Waals surface area (Å²) in [6, 6.07) is 13.2. The summed E-state index contributed by atoms with van der Waals surface area (Å²) in [5.41, 5.74) is 6.28. The predicted octanol–water partition coefficient (Wildman–Crippen LogP) is 5.36. The number of hydrogen-bond acceptors (Lipinski definition) is 5. The minimum absolute atomic E-state index is 0. The molecule has 1 fully saturated rings. The van der Waals surface area contributed by atoms with Gasteiger partial charge in [-0.2, -0.15) is 5.26 Å². The molecule has 1 aromatic heterocycles. The molecule has 3 aromatic rings. The molecule has 4 rings (SSSR count). The van der Waals surface area contributed by atoms with Crippen LogP contribution in [0.5, 0.6) is 0 Å². The average molecular weight is 425 g/mol. The van der Waals surface area contributed by atoms with Crippen LogP contribution in [0.2, 0.25) is 0 Å². The van der Waals surface area contributed by atoms with Crippen molar-refractivity contribution in [2.45, 2.75) is 39.2 Å². The fourth-order valence-corrected chi connectivity index (χ4v) is 4.27. The van der Waals surface area contributed by atoms with E-state index in [-0.39, 0.29) is 18.3 Å². The number of likely N-dealkylation sites (N-methyl/N-ethyl adjacent to an activating group) is 1. The Morgan fingerprint density at radius 3 is 2.50 bits per heavy atom. The van der Waals surface area contributed by atoms with Gasteiger partial charge in [0, 0.05) is 30.6 Å². The van der Waals surface area contributed by atoms with Crippen molar-refractivity contribution in [3.05, 3.63) is 47.3 Å². The molecule has 0 bridgehead atoms. The average Bonchev–Trinajstić information content (AvgIpc) is 3.35. The smallest absolute Gasteiger partial charge is 0.198 e. The maximum atomic E-state index is 9.95. The predicted molar refractivity (Wildman–Crippen MR) is 125 cm³/mol. The molecule has 30 heavy (non-hydrogen) atoms. The van der Waals surface area contributed by atoms with Crippen molar-refractivity contribution in [1.29, 1.82) is 5.26 Å². The molecule has 5 nitrogen and oxygen atoms in total. The third kappa shape index (κ3) is 3.66. The molecule has 0 radical (unpaired) electrons. The van der Waals surface area contributed by atoms with E-state index in [1.165, 1.54) is 0 Å². The Hall–Kier alpha value is -2.55. The summed E-state index contributed by atoms with van der Waals surface area (Å²) in [5, 5.41) is 9.95. The fourth-order valence-electron chi connectivity index (χ4n) is 4.27. The van der Waals surface area contributed by atoms with Crippen LogP contribution in [0.3, 0.4) is 0 Å². The topological polar surface area (TPSA) is 56.3 Å². The largest absolute Gasteiger partial charge is 0.438 e.